The van der Waals surface area contributed by atoms with Gasteiger partial charge in [-0.15, -0.1) is 12.4 Å². The van der Waals surface area contributed by atoms with Crippen LogP contribution in [-0.2, 0) is 4.74 Å². The van der Waals surface area contributed by atoms with Crippen LogP contribution in [0.4, 0.5) is 26.7 Å². The number of hydrogen-bond donors (Lipinski definition) is 1. The fourth-order valence-corrected chi connectivity index (χ4v) is 1.60. The van der Waals surface area contributed by atoms with Crippen molar-refractivity contribution in [2.75, 3.05) is 6.61 Å². The topological polar surface area (TPSA) is 38.3 Å². The lowest BCUT2D eigenvalue weighted by atomic mass is 9.98. The van der Waals surface area contributed by atoms with Gasteiger partial charge >= 0.3 is 12.0 Å². The number of nitrogens with one attached hydrogen (secondary N) is 1. The molecule has 0 spiro atoms. The molecule has 1 aromatic rings. The monoisotopic (exact) mass is 303 g/mol. The summed E-state index contributed by atoms with van der Waals surface area (Å²) < 4.78 is 70.5. The Morgan fingerprint density at radius 2 is 1.79 bits per heavy atom. The molecule has 19 heavy (non-hydrogen) atoms. The Morgan fingerprint density at radius 3 is 2.42 bits per heavy atom. The summed E-state index contributed by atoms with van der Waals surface area (Å²) in [4.78, 5) is 10.8. The number of hydrogen-bond acceptors (Lipinski definition) is 2. The molecule has 0 aromatic heterocycles. The molecule has 1 aliphatic heterocycles. The van der Waals surface area contributed by atoms with Gasteiger partial charge in [0.1, 0.15) is 11.9 Å². The summed E-state index contributed by atoms with van der Waals surface area (Å²) in [7, 11) is 0. The van der Waals surface area contributed by atoms with E-state index < -0.39 is 47.7 Å². The molecule has 1 saturated heterocycles. The van der Waals surface area contributed by atoms with E-state index in [2.05, 4.69) is 4.74 Å². The summed E-state index contributed by atoms with van der Waals surface area (Å²) >= 11 is 0. The molecule has 1 fully saturated rings. The van der Waals surface area contributed by atoms with Crippen molar-refractivity contribution in [2.45, 2.75) is 12.0 Å². The molecule has 1 heterocycles. The normalized spacial score (nSPS) is 21.1. The van der Waals surface area contributed by atoms with Crippen LogP contribution in [0.5, 0.6) is 0 Å². The molecule has 0 unspecified atom stereocenters. The van der Waals surface area contributed by atoms with E-state index in [0.29, 0.717) is 12.1 Å². The van der Waals surface area contributed by atoms with E-state index in [1.54, 1.807) is 5.32 Å². The minimum Gasteiger partial charge on any atom is -0.443 e. The first-order valence-corrected chi connectivity index (χ1v) is 4.77. The van der Waals surface area contributed by atoms with E-state index in [1.807, 2.05) is 0 Å². The molecule has 2 rings (SSSR count). The third-order valence-corrected chi connectivity index (χ3v) is 2.45. The molecule has 1 aliphatic rings. The van der Waals surface area contributed by atoms with Gasteiger partial charge in [0.15, 0.2) is 18.2 Å². The van der Waals surface area contributed by atoms with Gasteiger partial charge in [-0.3, -0.25) is 0 Å². The molecule has 3 nitrogen and oxygen atoms in total. The fourth-order valence-electron chi connectivity index (χ4n) is 1.60. The average Bonchev–Trinajstić information content (AvgIpc) is 2.29. The number of amides is 1. The number of alkyl halides is 2. The average molecular weight is 304 g/mol. The van der Waals surface area contributed by atoms with Crippen LogP contribution in [-0.4, -0.2) is 18.6 Å². The lowest BCUT2D eigenvalue weighted by Gasteiger charge is -2.32. The van der Waals surface area contributed by atoms with E-state index in [4.69, 9.17) is 0 Å². The zero-order chi connectivity index (χ0) is 13.5. The highest BCUT2D eigenvalue weighted by molar-refractivity contribution is 5.85. The van der Waals surface area contributed by atoms with E-state index in [-0.39, 0.29) is 12.4 Å². The molecular formula is C10H7ClF5NO2. The van der Waals surface area contributed by atoms with Crippen LogP contribution < -0.4 is 5.32 Å². The van der Waals surface area contributed by atoms with Crippen LogP contribution in [0.3, 0.4) is 0 Å². The first kappa shape index (κ1) is 15.5. The van der Waals surface area contributed by atoms with Gasteiger partial charge in [0.05, 0.1) is 5.56 Å². The van der Waals surface area contributed by atoms with Crippen molar-refractivity contribution >= 4 is 18.5 Å². The predicted octanol–water partition coefficient (Wildman–Crippen LogP) is 2.94. The molecule has 1 amide bonds. The smallest absolute Gasteiger partial charge is 0.408 e. The maximum atomic E-state index is 13.4. The molecular weight excluding hydrogens is 297 g/mol. The minimum atomic E-state index is -3.75. The molecule has 1 atom stereocenters. The maximum absolute atomic E-state index is 13.4. The molecule has 0 radical (unpaired) electrons. The van der Waals surface area contributed by atoms with Gasteiger partial charge in [-0.25, -0.2) is 26.7 Å². The number of benzene rings is 1. The molecule has 106 valence electrons. The van der Waals surface area contributed by atoms with Crippen molar-refractivity contribution in [1.82, 2.24) is 5.32 Å². The number of alkyl carbamates (subject to hydrolysis) is 1. The second kappa shape index (κ2) is 5.20. The van der Waals surface area contributed by atoms with E-state index in [9.17, 15) is 26.7 Å². The maximum Gasteiger partial charge on any atom is 0.408 e. The Labute approximate surface area is 110 Å². The van der Waals surface area contributed by atoms with E-state index >= 15 is 0 Å². The zero-order valence-electron chi connectivity index (χ0n) is 9.05. The Balaban J connectivity index is 0.00000180. The summed E-state index contributed by atoms with van der Waals surface area (Å²) in [5.41, 5.74) is -1.23. The highest BCUT2D eigenvalue weighted by Crippen LogP contribution is 2.37. The van der Waals surface area contributed by atoms with E-state index in [1.165, 1.54) is 0 Å². The summed E-state index contributed by atoms with van der Waals surface area (Å²) in [6, 6.07) is -1.34. The van der Waals surface area contributed by atoms with Crippen molar-refractivity contribution in [2.24, 2.45) is 0 Å². The van der Waals surface area contributed by atoms with Gasteiger partial charge in [0, 0.05) is 0 Å². The largest absolute Gasteiger partial charge is 0.443 e. The van der Waals surface area contributed by atoms with Crippen molar-refractivity contribution < 1.29 is 31.5 Å². The fraction of sp³-hybridized carbons (Fsp3) is 0.300. The molecule has 1 N–H and O–H groups in total. The zero-order valence-corrected chi connectivity index (χ0v) is 9.87. The van der Waals surface area contributed by atoms with Crippen molar-refractivity contribution in [3.8, 4) is 0 Å². The number of cyclic esters (lactones) is 1. The Kier molecular flexibility index (Phi) is 4.24. The van der Waals surface area contributed by atoms with Crippen LogP contribution in [0.2, 0.25) is 0 Å². The van der Waals surface area contributed by atoms with Crippen LogP contribution >= 0.6 is 12.4 Å². The minimum absolute atomic E-state index is 0. The van der Waals surface area contributed by atoms with Crippen molar-refractivity contribution in [3.05, 3.63) is 35.1 Å². The molecule has 1 aromatic carbocycles. The second-order valence-electron chi connectivity index (χ2n) is 3.67. The number of halogens is 6. The molecule has 0 saturated carbocycles. The Hall–Kier alpha value is -1.57. The highest BCUT2D eigenvalue weighted by atomic mass is 35.5. The quantitative estimate of drug-likeness (QED) is 0.640. The van der Waals surface area contributed by atoms with E-state index in [0.717, 1.165) is 0 Å². The van der Waals surface area contributed by atoms with Crippen LogP contribution in [0.1, 0.15) is 11.6 Å². The first-order chi connectivity index (χ1) is 8.33. The summed E-state index contributed by atoms with van der Waals surface area (Å²) in [6.07, 6.45) is -1.26. The SMILES string of the molecule is Cl.O=C1N[C@H](c2c(F)ccc(F)c2F)C(F)(F)CO1. The third kappa shape index (κ3) is 2.73. The molecule has 0 aliphatic carbocycles. The predicted molar refractivity (Wildman–Crippen MR) is 55.7 cm³/mol. The Bertz CT molecular complexity index is 511. The second-order valence-corrected chi connectivity index (χ2v) is 3.67. The third-order valence-electron chi connectivity index (χ3n) is 2.45. The Morgan fingerprint density at radius 1 is 1.21 bits per heavy atom. The summed E-state index contributed by atoms with van der Waals surface area (Å²) in [6.45, 7) is -1.33. The standard InChI is InChI=1S/C10H6F5NO2.ClH/c11-4-1-2-5(12)7(13)6(4)8-10(14,15)3-18-9(17)16-8;/h1-2,8H,3H2,(H,16,17);1H/t8-;/m1./s1. The van der Waals surface area contributed by atoms with Crippen molar-refractivity contribution in [1.29, 1.82) is 0 Å². The number of carbonyl (C=O) groups excluding carboxylic acids is 1. The summed E-state index contributed by atoms with van der Waals surface area (Å²) in [5, 5.41) is 1.57. The number of rotatable bonds is 1. The number of ether oxygens (including phenoxy) is 1. The molecule has 9 heteroatoms. The van der Waals surface area contributed by atoms with Gasteiger partial charge < -0.3 is 10.1 Å². The van der Waals surface area contributed by atoms with Gasteiger partial charge in [-0.1, -0.05) is 0 Å². The number of carbonyl (C=O) groups is 1. The first-order valence-electron chi connectivity index (χ1n) is 4.77. The lowest BCUT2D eigenvalue weighted by molar-refractivity contribution is -0.105. The van der Waals surface area contributed by atoms with Gasteiger partial charge in [-0.2, -0.15) is 0 Å². The van der Waals surface area contributed by atoms with Crippen LogP contribution in [0.25, 0.3) is 0 Å². The summed E-state index contributed by atoms with van der Waals surface area (Å²) in [5.74, 6) is -8.37. The van der Waals surface area contributed by atoms with Gasteiger partial charge in [0.25, 0.3) is 0 Å². The van der Waals surface area contributed by atoms with Crippen LogP contribution in [0, 0.1) is 17.5 Å². The molecule has 0 bridgehead atoms. The van der Waals surface area contributed by atoms with Gasteiger partial charge in [-0.05, 0) is 12.1 Å². The highest BCUT2D eigenvalue weighted by Gasteiger charge is 2.49. The lowest BCUT2D eigenvalue weighted by Crippen LogP contribution is -2.50. The van der Waals surface area contributed by atoms with Gasteiger partial charge in [0.2, 0.25) is 0 Å². The van der Waals surface area contributed by atoms with Crippen LogP contribution in [0.15, 0.2) is 12.1 Å². The van der Waals surface area contributed by atoms with Crippen molar-refractivity contribution in [3.63, 3.8) is 0 Å².